The lowest BCUT2D eigenvalue weighted by atomic mass is 10.2. The zero-order valence-corrected chi connectivity index (χ0v) is 17.5. The second kappa shape index (κ2) is 9.03. The van der Waals surface area contributed by atoms with Crippen LogP contribution in [0.3, 0.4) is 0 Å². The molecule has 0 radical (unpaired) electrons. The van der Waals surface area contributed by atoms with Crippen molar-refractivity contribution in [1.82, 2.24) is 9.55 Å². The molecular formula is C10H16FN2O15P3. The third-order valence-electron chi connectivity index (χ3n) is 3.35. The molecule has 2 rings (SSSR count). The number of nitrogens with zero attached hydrogens (tertiary/aromatic N) is 1. The fraction of sp³-hybridized carbons (Fsp3) is 0.600. The number of rotatable bonds is 9. The van der Waals surface area contributed by atoms with Crippen molar-refractivity contribution in [2.45, 2.75) is 31.2 Å². The summed E-state index contributed by atoms with van der Waals surface area (Å²) in [7, 11) is -17.3. The van der Waals surface area contributed by atoms with Crippen LogP contribution in [0.2, 0.25) is 0 Å². The Hall–Kier alpha value is -1.10. The number of hydrogen-bond acceptors (Lipinski definition) is 11. The van der Waals surface area contributed by atoms with Crippen LogP contribution in [-0.2, 0) is 38.2 Å². The minimum absolute atomic E-state index is 0.219. The third-order valence-corrected chi connectivity index (χ3v) is 7.14. The number of aliphatic hydroxyl groups excluding tert-OH is 2. The largest absolute Gasteiger partial charge is 0.490 e. The van der Waals surface area contributed by atoms with Gasteiger partial charge in [0, 0.05) is 12.6 Å². The molecular weight excluding hydrogens is 500 g/mol. The van der Waals surface area contributed by atoms with Gasteiger partial charge in [-0.15, -0.1) is 0 Å². The second-order valence-corrected chi connectivity index (χ2v) is 10.3. The van der Waals surface area contributed by atoms with Gasteiger partial charge in [0.05, 0.1) is 13.5 Å². The van der Waals surface area contributed by atoms with E-state index in [-0.39, 0.29) is 4.57 Å². The maximum atomic E-state index is 14.9. The van der Waals surface area contributed by atoms with Crippen LogP contribution >= 0.6 is 23.5 Å². The minimum Gasteiger partial charge on any atom is -0.391 e. The number of phosphoric ester groups is 1. The van der Waals surface area contributed by atoms with Crippen molar-refractivity contribution in [2.24, 2.45) is 0 Å². The van der Waals surface area contributed by atoms with E-state index >= 15 is 0 Å². The van der Waals surface area contributed by atoms with Crippen molar-refractivity contribution < 1.29 is 67.1 Å². The van der Waals surface area contributed by atoms with E-state index in [9.17, 15) is 37.7 Å². The molecule has 0 aromatic carbocycles. The van der Waals surface area contributed by atoms with Crippen LogP contribution in [0.1, 0.15) is 19.6 Å². The van der Waals surface area contributed by atoms with E-state index in [1.54, 1.807) is 4.98 Å². The monoisotopic (exact) mass is 517 g/mol. The van der Waals surface area contributed by atoms with Crippen LogP contribution < -0.4 is 11.2 Å². The van der Waals surface area contributed by atoms with Gasteiger partial charge >= 0.3 is 29.2 Å². The molecule has 2 unspecified atom stereocenters. The molecule has 0 spiro atoms. The van der Waals surface area contributed by atoms with Gasteiger partial charge in [-0.05, 0) is 0 Å². The first-order valence-electron chi connectivity index (χ1n) is 8.13. The van der Waals surface area contributed by atoms with Crippen molar-refractivity contribution in [3.8, 4) is 0 Å². The molecule has 5 atom stereocenters. The molecule has 2 heterocycles. The number of phosphoric acid groups is 3. The van der Waals surface area contributed by atoms with E-state index in [0.717, 1.165) is 0 Å². The van der Waals surface area contributed by atoms with Gasteiger partial charge in [-0.25, -0.2) is 22.9 Å². The Balaban J connectivity index is 2.21. The highest BCUT2D eigenvalue weighted by Crippen LogP contribution is 2.66. The minimum atomic E-state index is -5.88. The van der Waals surface area contributed by atoms with Crippen molar-refractivity contribution in [3.63, 3.8) is 0 Å². The van der Waals surface area contributed by atoms with Gasteiger partial charge < -0.3 is 34.5 Å². The van der Waals surface area contributed by atoms with Crippen molar-refractivity contribution >= 4 is 23.5 Å². The van der Waals surface area contributed by atoms with Crippen LogP contribution in [0.4, 0.5) is 4.39 Å². The van der Waals surface area contributed by atoms with Crippen LogP contribution in [-0.4, -0.2) is 57.9 Å². The predicted molar refractivity (Wildman–Crippen MR) is 91.6 cm³/mol. The maximum absolute atomic E-state index is 14.9. The number of nitrogens with one attached hydrogen (secondary N) is 1. The quantitative estimate of drug-likeness (QED) is 0.180. The Bertz CT molecular complexity index is 1140. The van der Waals surface area contributed by atoms with Crippen LogP contribution in [0.15, 0.2) is 15.8 Å². The highest BCUT2D eigenvalue weighted by atomic mass is 31.3. The number of aliphatic hydroxyl groups is 2. The molecule has 1 aromatic heterocycles. The van der Waals surface area contributed by atoms with Gasteiger partial charge in [-0.3, -0.25) is 18.9 Å². The number of ether oxygens (including phenoxy) is 1. The number of halogens is 1. The van der Waals surface area contributed by atoms with E-state index in [0.29, 0.717) is 6.20 Å². The molecule has 0 bridgehead atoms. The van der Waals surface area contributed by atoms with Gasteiger partial charge in [0.1, 0.15) is 12.7 Å². The average molecular weight is 517 g/mol. The van der Waals surface area contributed by atoms with Crippen LogP contribution in [0.25, 0.3) is 0 Å². The molecule has 1 aliphatic heterocycles. The van der Waals surface area contributed by atoms with Gasteiger partial charge in [0.15, 0.2) is 6.20 Å². The Morgan fingerprint density at radius 2 is 1.87 bits per heavy atom. The summed E-state index contributed by atoms with van der Waals surface area (Å²) in [5.74, 6) is -3.30. The second-order valence-electron chi connectivity index (χ2n) is 5.85. The summed E-state index contributed by atoms with van der Waals surface area (Å²) in [4.78, 5) is 60.4. The Kier molecular flexibility index (Phi) is 7.15. The summed E-state index contributed by atoms with van der Waals surface area (Å²) in [6.45, 7) is -2.58. The highest BCUT2D eigenvalue weighted by molar-refractivity contribution is 7.66. The lowest BCUT2D eigenvalue weighted by Crippen LogP contribution is -2.37. The van der Waals surface area contributed by atoms with E-state index in [1.807, 2.05) is 0 Å². The van der Waals surface area contributed by atoms with Crippen LogP contribution in [0, 0.1) is 0 Å². The standard InChI is InChI=1S/C10H16FN2O15P3/c11-10(4-25-30(21,22)28-31(23,24)27-29(18,19)20)1-6(15)8(26-10)13-2-5(3-14)7(16)12-9(13)17/h2,6,8,14-15H,1,3-4H2,(H,21,22)(H,23,24)(H,12,16,17)(H2,18,19,20)/t6-,8-,10+/m1/s1/i8D. The first-order chi connectivity index (χ1) is 14.3. The molecule has 1 fully saturated rings. The molecule has 7 N–H and O–H groups in total. The number of alkyl halides is 1. The molecule has 1 aliphatic rings. The van der Waals surface area contributed by atoms with Gasteiger partial charge in [-0.1, -0.05) is 0 Å². The third kappa shape index (κ3) is 7.20. The Morgan fingerprint density at radius 1 is 1.26 bits per heavy atom. The Morgan fingerprint density at radius 3 is 2.42 bits per heavy atom. The normalized spacial score (nSPS) is 31.1. The van der Waals surface area contributed by atoms with Gasteiger partial charge in [-0.2, -0.15) is 8.62 Å². The molecule has 21 heteroatoms. The topological polar surface area (TPSA) is 264 Å². The zero-order chi connectivity index (χ0) is 24.8. The lowest BCUT2D eigenvalue weighted by molar-refractivity contribution is -0.178. The van der Waals surface area contributed by atoms with E-state index in [4.69, 9.17) is 21.2 Å². The molecule has 1 saturated heterocycles. The summed E-state index contributed by atoms with van der Waals surface area (Å²) in [6.07, 6.45) is -5.70. The van der Waals surface area contributed by atoms with Crippen molar-refractivity contribution in [2.75, 3.05) is 6.61 Å². The first kappa shape index (κ1) is 24.5. The Labute approximate surface area is 171 Å². The number of H-pyrrole nitrogens is 1. The van der Waals surface area contributed by atoms with E-state index < -0.39 is 78.1 Å². The maximum Gasteiger partial charge on any atom is 0.490 e. The molecule has 0 saturated carbocycles. The number of aromatic amines is 1. The van der Waals surface area contributed by atoms with E-state index in [1.165, 1.54) is 0 Å². The molecule has 1 aromatic rings. The fourth-order valence-corrected chi connectivity index (χ4v) is 5.29. The smallest absolute Gasteiger partial charge is 0.391 e. The number of hydrogen-bond donors (Lipinski definition) is 7. The summed E-state index contributed by atoms with van der Waals surface area (Å²) in [6, 6.07) is 0. The van der Waals surface area contributed by atoms with Crippen molar-refractivity contribution in [3.05, 3.63) is 32.6 Å². The van der Waals surface area contributed by atoms with Crippen molar-refractivity contribution in [1.29, 1.82) is 0 Å². The van der Waals surface area contributed by atoms with Gasteiger partial charge in [0.2, 0.25) is 5.85 Å². The lowest BCUT2D eigenvalue weighted by Gasteiger charge is -2.22. The summed E-state index contributed by atoms with van der Waals surface area (Å²) >= 11 is 0. The molecule has 0 amide bonds. The van der Waals surface area contributed by atoms with Crippen LogP contribution in [0.5, 0.6) is 0 Å². The SMILES string of the molecule is [2H][C@@]1(n2cc(CO)c(=O)[nH]c2=O)O[C@](F)(COP(=O)(O)OP(=O)(O)OP(=O)(O)O)C[C@H]1O. The first-order valence-corrected chi connectivity index (χ1v) is 12.2. The van der Waals surface area contributed by atoms with Gasteiger partial charge in [0.25, 0.3) is 5.56 Å². The zero-order valence-electron chi connectivity index (χ0n) is 15.8. The van der Waals surface area contributed by atoms with E-state index in [2.05, 4.69) is 17.9 Å². The molecule has 17 nitrogen and oxygen atoms in total. The summed E-state index contributed by atoms with van der Waals surface area (Å²) in [5.41, 5.74) is -2.85. The summed E-state index contributed by atoms with van der Waals surface area (Å²) in [5, 5.41) is 19.2. The fourth-order valence-electron chi connectivity index (χ4n) is 2.24. The highest BCUT2D eigenvalue weighted by Gasteiger charge is 2.50. The molecule has 31 heavy (non-hydrogen) atoms. The molecule has 178 valence electrons. The predicted octanol–water partition coefficient (Wildman–Crippen LogP) is -1.68. The molecule has 0 aliphatic carbocycles. The number of aromatic nitrogens is 2. The summed E-state index contributed by atoms with van der Waals surface area (Å²) < 4.78 is 72.4. The average Bonchev–Trinajstić information content (AvgIpc) is 2.80.